The molecule has 10 nitrogen and oxygen atoms in total. The van der Waals surface area contributed by atoms with Crippen molar-refractivity contribution >= 4 is 48.5 Å². The van der Waals surface area contributed by atoms with Gasteiger partial charge in [-0.25, -0.2) is 26.4 Å². The number of rotatable bonds is 7. The largest absolute Gasteiger partial charge is 0.465 e. The van der Waals surface area contributed by atoms with Crippen LogP contribution >= 0.6 is 0 Å². The second kappa shape index (κ2) is 11.0. The molecule has 1 amide bonds. The number of nitrogens with zero attached hydrogens (tertiary/aromatic N) is 2. The normalized spacial score (nSPS) is 11.8. The van der Waals surface area contributed by atoms with Gasteiger partial charge in [-0.05, 0) is 80.1 Å². The molecule has 0 aliphatic rings. The van der Waals surface area contributed by atoms with Crippen LogP contribution in [0.15, 0.2) is 116 Å². The molecule has 0 atom stereocenters. The number of carbonyl (C=O) groups is 1. The second-order valence-electron chi connectivity index (χ2n) is 9.89. The fourth-order valence-electron chi connectivity index (χ4n) is 4.42. The molecule has 220 valence electrons. The van der Waals surface area contributed by atoms with E-state index in [1.807, 2.05) is 0 Å². The second-order valence-corrected chi connectivity index (χ2v) is 13.7. The van der Waals surface area contributed by atoms with Crippen LogP contribution in [0, 0.1) is 13.8 Å². The molecule has 0 fully saturated rings. The van der Waals surface area contributed by atoms with Gasteiger partial charge in [-0.2, -0.15) is 3.71 Å². The highest BCUT2D eigenvalue weighted by atomic mass is 32.3. The molecule has 4 aromatic carbocycles. The Morgan fingerprint density at radius 1 is 0.698 bits per heavy atom. The lowest BCUT2D eigenvalue weighted by Gasteiger charge is -2.24. The van der Waals surface area contributed by atoms with E-state index in [9.17, 15) is 31.5 Å². The third-order valence-corrected chi connectivity index (χ3v) is 11.1. The van der Waals surface area contributed by atoms with Crippen LogP contribution in [0.1, 0.15) is 11.1 Å². The van der Waals surface area contributed by atoms with Crippen molar-refractivity contribution < 1.29 is 31.2 Å². The molecular weight excluding hydrogens is 592 g/mol. The molecule has 12 heteroatoms. The first-order valence-electron chi connectivity index (χ1n) is 12.9. The number of amides is 1. The van der Waals surface area contributed by atoms with Crippen molar-refractivity contribution in [3.63, 3.8) is 0 Å². The standard InChI is InChI=1S/C31H26N2O8S2/c1-20-4-13-26(14-5-20)42(37,38)33(43(39,40)27-15-6-21(2)7-16-27)25-12-17-29-23(18-25)19-28(30(34)41-29)22-8-10-24(11-9-22)32(3)31(35)36/h4-19H,1-3H3,(H,35,36). The van der Waals surface area contributed by atoms with Crippen LogP contribution in [0.2, 0.25) is 0 Å². The Labute approximate surface area is 248 Å². The van der Waals surface area contributed by atoms with E-state index in [-0.39, 0.29) is 32.0 Å². The first-order chi connectivity index (χ1) is 20.3. The molecule has 1 N–H and O–H groups in total. The van der Waals surface area contributed by atoms with Crippen molar-refractivity contribution in [1.82, 2.24) is 0 Å². The van der Waals surface area contributed by atoms with Crippen LogP contribution < -0.4 is 14.2 Å². The van der Waals surface area contributed by atoms with Crippen molar-refractivity contribution in [1.29, 1.82) is 0 Å². The van der Waals surface area contributed by atoms with Crippen LogP contribution in [-0.4, -0.2) is 35.1 Å². The number of benzene rings is 4. The summed E-state index contributed by atoms with van der Waals surface area (Å²) in [6.07, 6.45) is -1.16. The number of fused-ring (bicyclic) bond motifs is 1. The zero-order valence-electron chi connectivity index (χ0n) is 23.3. The summed E-state index contributed by atoms with van der Waals surface area (Å²) in [5.41, 5.74) is 1.74. The van der Waals surface area contributed by atoms with Crippen molar-refractivity contribution in [2.75, 3.05) is 15.7 Å². The third-order valence-electron chi connectivity index (χ3n) is 6.85. The first-order valence-corrected chi connectivity index (χ1v) is 15.8. The monoisotopic (exact) mass is 618 g/mol. The third kappa shape index (κ3) is 5.62. The lowest BCUT2D eigenvalue weighted by atomic mass is 10.1. The molecule has 5 rings (SSSR count). The SMILES string of the molecule is Cc1ccc(S(=O)(=O)N(c2ccc3oc(=O)c(-c4ccc(N(C)C(=O)O)cc4)cc3c2)S(=O)(=O)c2ccc(C)cc2)cc1. The Hall–Kier alpha value is -4.94. The Kier molecular flexibility index (Phi) is 7.59. The number of hydrogen-bond acceptors (Lipinski definition) is 7. The molecule has 0 radical (unpaired) electrons. The van der Waals surface area contributed by atoms with Crippen LogP contribution in [0.3, 0.4) is 0 Å². The highest BCUT2D eigenvalue weighted by molar-refractivity contribution is 8.10. The van der Waals surface area contributed by atoms with Crippen molar-refractivity contribution in [2.24, 2.45) is 0 Å². The van der Waals surface area contributed by atoms with Gasteiger partial charge in [0.05, 0.1) is 21.0 Å². The van der Waals surface area contributed by atoms with E-state index in [1.165, 1.54) is 67.7 Å². The molecule has 1 aromatic heterocycles. The summed E-state index contributed by atoms with van der Waals surface area (Å²) in [6, 6.07) is 23.2. The summed E-state index contributed by atoms with van der Waals surface area (Å²) in [5.74, 6) is 0. The maximum Gasteiger partial charge on any atom is 0.411 e. The van der Waals surface area contributed by atoms with Crippen molar-refractivity contribution in [3.05, 3.63) is 119 Å². The van der Waals surface area contributed by atoms with Crippen LogP contribution in [-0.2, 0) is 20.0 Å². The minimum absolute atomic E-state index is 0.111. The van der Waals surface area contributed by atoms with E-state index >= 15 is 0 Å². The minimum atomic E-state index is -4.65. The van der Waals surface area contributed by atoms with E-state index < -0.39 is 31.8 Å². The minimum Gasteiger partial charge on any atom is -0.465 e. The molecule has 1 heterocycles. The molecular formula is C31H26N2O8S2. The summed E-state index contributed by atoms with van der Waals surface area (Å²) in [7, 11) is -7.91. The quantitative estimate of drug-likeness (QED) is 0.226. The van der Waals surface area contributed by atoms with Crippen molar-refractivity contribution in [2.45, 2.75) is 23.6 Å². The number of aryl methyl sites for hydroxylation is 2. The Morgan fingerprint density at radius 3 is 1.67 bits per heavy atom. The number of hydrogen-bond donors (Lipinski definition) is 1. The van der Waals surface area contributed by atoms with Gasteiger partial charge in [0, 0.05) is 18.1 Å². The highest BCUT2D eigenvalue weighted by Gasteiger charge is 2.37. The van der Waals surface area contributed by atoms with E-state index in [0.29, 0.717) is 15.0 Å². The Balaban J connectivity index is 1.68. The highest BCUT2D eigenvalue weighted by Crippen LogP contribution is 2.34. The van der Waals surface area contributed by atoms with Crippen LogP contribution in [0.4, 0.5) is 16.2 Å². The summed E-state index contributed by atoms with van der Waals surface area (Å²) in [4.78, 5) is 24.7. The Bertz CT molecular complexity index is 2050. The van der Waals surface area contributed by atoms with E-state index in [2.05, 4.69) is 0 Å². The van der Waals surface area contributed by atoms with E-state index in [0.717, 1.165) is 16.0 Å². The van der Waals surface area contributed by atoms with Gasteiger partial charge in [-0.1, -0.05) is 47.5 Å². The van der Waals surface area contributed by atoms with Gasteiger partial charge < -0.3 is 9.52 Å². The average molecular weight is 619 g/mol. The smallest absolute Gasteiger partial charge is 0.411 e. The fraction of sp³-hybridized carbons (Fsp3) is 0.0968. The van der Waals surface area contributed by atoms with Gasteiger partial charge >= 0.3 is 11.7 Å². The molecule has 0 unspecified atom stereocenters. The maximum absolute atomic E-state index is 14.0. The molecule has 0 aliphatic carbocycles. The molecule has 0 aliphatic heterocycles. The van der Waals surface area contributed by atoms with Crippen molar-refractivity contribution in [3.8, 4) is 11.1 Å². The predicted octanol–water partition coefficient (Wildman–Crippen LogP) is 5.78. The molecule has 0 saturated carbocycles. The first kappa shape index (κ1) is 29.5. The topological polar surface area (TPSA) is 142 Å². The molecule has 5 aromatic rings. The predicted molar refractivity (Wildman–Crippen MR) is 164 cm³/mol. The van der Waals surface area contributed by atoms with Gasteiger partial charge in [0.25, 0.3) is 20.0 Å². The van der Waals surface area contributed by atoms with Crippen LogP contribution in [0.25, 0.3) is 22.1 Å². The van der Waals surface area contributed by atoms with Gasteiger partial charge in [0.15, 0.2) is 0 Å². The Morgan fingerprint density at radius 2 is 1.19 bits per heavy atom. The molecule has 0 bridgehead atoms. The lowest BCUT2D eigenvalue weighted by Crippen LogP contribution is -2.37. The van der Waals surface area contributed by atoms with Gasteiger partial charge in [-0.3, -0.25) is 4.90 Å². The zero-order chi connectivity index (χ0) is 31.1. The van der Waals surface area contributed by atoms with Gasteiger partial charge in [0.2, 0.25) is 0 Å². The summed E-state index contributed by atoms with van der Waals surface area (Å²) < 4.78 is 61.8. The maximum atomic E-state index is 14.0. The molecule has 0 saturated heterocycles. The fourth-order valence-corrected chi connectivity index (χ4v) is 8.09. The number of sulfonamides is 2. The average Bonchev–Trinajstić information content (AvgIpc) is 2.97. The van der Waals surface area contributed by atoms with Gasteiger partial charge in [-0.15, -0.1) is 0 Å². The molecule has 43 heavy (non-hydrogen) atoms. The molecule has 0 spiro atoms. The van der Waals surface area contributed by atoms with Crippen LogP contribution in [0.5, 0.6) is 0 Å². The van der Waals surface area contributed by atoms with E-state index in [4.69, 9.17) is 4.42 Å². The number of anilines is 2. The zero-order valence-corrected chi connectivity index (χ0v) is 24.9. The summed E-state index contributed by atoms with van der Waals surface area (Å²) >= 11 is 0. The summed E-state index contributed by atoms with van der Waals surface area (Å²) in [5, 5.41) is 9.48. The number of carboxylic acid groups (broad SMARTS) is 1. The van der Waals surface area contributed by atoms with E-state index in [1.54, 1.807) is 50.2 Å². The summed E-state index contributed by atoms with van der Waals surface area (Å²) in [6.45, 7) is 3.56. The lowest BCUT2D eigenvalue weighted by molar-refractivity contribution is 0.203. The van der Waals surface area contributed by atoms with Gasteiger partial charge in [0.1, 0.15) is 5.58 Å².